The third-order valence-electron chi connectivity index (χ3n) is 2.21. The van der Waals surface area contributed by atoms with Crippen molar-refractivity contribution in [2.45, 2.75) is 6.42 Å². The molecule has 0 fully saturated rings. The highest BCUT2D eigenvalue weighted by atomic mass is 19.1. The van der Waals surface area contributed by atoms with Crippen LogP contribution in [0.4, 0.5) is 4.39 Å². The first-order chi connectivity index (χ1) is 7.13. The van der Waals surface area contributed by atoms with Crippen molar-refractivity contribution in [3.05, 3.63) is 35.6 Å². The van der Waals surface area contributed by atoms with E-state index in [2.05, 4.69) is 0 Å². The van der Waals surface area contributed by atoms with Crippen molar-refractivity contribution in [3.63, 3.8) is 0 Å². The summed E-state index contributed by atoms with van der Waals surface area (Å²) in [5, 5.41) is 8.60. The standard InChI is InChI=1S/C11H14FNO2/c1-13(11(15)8-14)7-6-9-2-4-10(12)5-3-9/h2-5,14H,6-8H2,1H3. The fraction of sp³-hybridized carbons (Fsp3) is 0.364. The third kappa shape index (κ3) is 3.67. The van der Waals surface area contributed by atoms with Gasteiger partial charge in [-0.3, -0.25) is 4.79 Å². The van der Waals surface area contributed by atoms with Crippen molar-refractivity contribution in [1.82, 2.24) is 4.90 Å². The highest BCUT2D eigenvalue weighted by molar-refractivity contribution is 5.76. The van der Waals surface area contributed by atoms with Gasteiger partial charge in [0, 0.05) is 13.6 Å². The van der Waals surface area contributed by atoms with Crippen molar-refractivity contribution in [2.24, 2.45) is 0 Å². The molecule has 0 saturated carbocycles. The summed E-state index contributed by atoms with van der Waals surface area (Å²) >= 11 is 0. The molecule has 0 saturated heterocycles. The van der Waals surface area contributed by atoms with Crippen LogP contribution in [0.3, 0.4) is 0 Å². The molecule has 1 rings (SSSR count). The highest BCUT2D eigenvalue weighted by Crippen LogP contribution is 2.04. The maximum Gasteiger partial charge on any atom is 0.248 e. The van der Waals surface area contributed by atoms with Gasteiger partial charge in [-0.2, -0.15) is 0 Å². The van der Waals surface area contributed by atoms with Gasteiger partial charge in [0.25, 0.3) is 0 Å². The van der Waals surface area contributed by atoms with E-state index in [1.54, 1.807) is 19.2 Å². The monoisotopic (exact) mass is 211 g/mol. The van der Waals surface area contributed by atoms with Gasteiger partial charge in [0.05, 0.1) is 0 Å². The summed E-state index contributed by atoms with van der Waals surface area (Å²) in [6, 6.07) is 6.16. The number of rotatable bonds is 4. The van der Waals surface area contributed by atoms with Gasteiger partial charge in [-0.25, -0.2) is 4.39 Å². The molecule has 0 aliphatic carbocycles. The number of benzene rings is 1. The van der Waals surface area contributed by atoms with E-state index < -0.39 is 6.61 Å². The number of nitrogens with zero attached hydrogens (tertiary/aromatic N) is 1. The quantitative estimate of drug-likeness (QED) is 0.801. The Kier molecular flexibility index (Phi) is 4.24. The molecule has 0 spiro atoms. The van der Waals surface area contributed by atoms with Crippen molar-refractivity contribution in [1.29, 1.82) is 0 Å². The Morgan fingerprint density at radius 3 is 2.53 bits per heavy atom. The van der Waals surface area contributed by atoms with Crippen LogP contribution in [0.5, 0.6) is 0 Å². The number of carbonyl (C=O) groups is 1. The summed E-state index contributed by atoms with van der Waals surface area (Å²) in [5.41, 5.74) is 0.967. The van der Waals surface area contributed by atoms with Crippen molar-refractivity contribution < 1.29 is 14.3 Å². The average Bonchev–Trinajstić information content (AvgIpc) is 2.26. The molecular formula is C11H14FNO2. The summed E-state index contributed by atoms with van der Waals surface area (Å²) in [5.74, 6) is -0.573. The van der Waals surface area contributed by atoms with E-state index in [4.69, 9.17) is 5.11 Å². The summed E-state index contributed by atoms with van der Waals surface area (Å²) in [4.78, 5) is 12.5. The highest BCUT2D eigenvalue weighted by Gasteiger charge is 2.06. The first-order valence-corrected chi connectivity index (χ1v) is 4.72. The smallest absolute Gasteiger partial charge is 0.248 e. The lowest BCUT2D eigenvalue weighted by Crippen LogP contribution is -2.31. The minimum absolute atomic E-state index is 0.265. The van der Waals surface area contributed by atoms with Gasteiger partial charge in [0.15, 0.2) is 0 Å². The first kappa shape index (κ1) is 11.7. The molecule has 4 heteroatoms. The molecule has 0 aliphatic rings. The van der Waals surface area contributed by atoms with Gasteiger partial charge in [-0.15, -0.1) is 0 Å². The number of aliphatic hydroxyl groups excluding tert-OH is 1. The number of hydrogen-bond donors (Lipinski definition) is 1. The zero-order valence-corrected chi connectivity index (χ0v) is 8.61. The van der Waals surface area contributed by atoms with Crippen molar-refractivity contribution in [2.75, 3.05) is 20.2 Å². The third-order valence-corrected chi connectivity index (χ3v) is 2.21. The van der Waals surface area contributed by atoms with E-state index >= 15 is 0 Å². The van der Waals surface area contributed by atoms with E-state index in [0.29, 0.717) is 13.0 Å². The average molecular weight is 211 g/mol. The number of likely N-dealkylation sites (N-methyl/N-ethyl adjacent to an activating group) is 1. The number of carbonyl (C=O) groups excluding carboxylic acids is 1. The summed E-state index contributed by atoms with van der Waals surface area (Å²) in [6.07, 6.45) is 0.655. The van der Waals surface area contributed by atoms with E-state index in [1.807, 2.05) is 0 Å². The zero-order chi connectivity index (χ0) is 11.3. The molecule has 0 aliphatic heterocycles. The largest absolute Gasteiger partial charge is 0.387 e. The van der Waals surface area contributed by atoms with Crippen LogP contribution in [0.2, 0.25) is 0 Å². The van der Waals surface area contributed by atoms with E-state index in [1.165, 1.54) is 17.0 Å². The molecule has 82 valence electrons. The van der Waals surface area contributed by atoms with Crippen LogP contribution >= 0.6 is 0 Å². The molecule has 1 N–H and O–H groups in total. The number of hydrogen-bond acceptors (Lipinski definition) is 2. The van der Waals surface area contributed by atoms with Crippen molar-refractivity contribution in [3.8, 4) is 0 Å². The van der Waals surface area contributed by atoms with Gasteiger partial charge in [-0.05, 0) is 24.1 Å². The normalized spacial score (nSPS) is 10.1. The van der Waals surface area contributed by atoms with Crippen LogP contribution in [0.25, 0.3) is 0 Å². The molecule has 1 aromatic rings. The first-order valence-electron chi connectivity index (χ1n) is 4.72. The lowest BCUT2D eigenvalue weighted by molar-refractivity contribution is -0.132. The molecule has 3 nitrogen and oxygen atoms in total. The van der Waals surface area contributed by atoms with Crippen LogP contribution in [0, 0.1) is 5.82 Å². The Morgan fingerprint density at radius 1 is 1.40 bits per heavy atom. The van der Waals surface area contributed by atoms with Gasteiger partial charge in [-0.1, -0.05) is 12.1 Å². The molecule has 1 aromatic carbocycles. The maximum absolute atomic E-state index is 12.6. The van der Waals surface area contributed by atoms with Crippen LogP contribution in [0.1, 0.15) is 5.56 Å². The van der Waals surface area contributed by atoms with Crippen molar-refractivity contribution >= 4 is 5.91 Å². The molecule has 0 heterocycles. The second-order valence-electron chi connectivity index (χ2n) is 3.35. The fourth-order valence-corrected chi connectivity index (χ4v) is 1.19. The molecule has 0 bridgehead atoms. The number of aliphatic hydroxyl groups is 1. The Hall–Kier alpha value is -1.42. The molecule has 0 radical (unpaired) electrons. The van der Waals surface area contributed by atoms with E-state index in [9.17, 15) is 9.18 Å². The molecule has 0 unspecified atom stereocenters. The second kappa shape index (κ2) is 5.46. The summed E-state index contributed by atoms with van der Waals surface area (Å²) in [7, 11) is 1.63. The van der Waals surface area contributed by atoms with E-state index in [-0.39, 0.29) is 11.7 Å². The molecular weight excluding hydrogens is 197 g/mol. The Balaban J connectivity index is 2.43. The SMILES string of the molecule is CN(CCc1ccc(F)cc1)C(=O)CO. The van der Waals surface area contributed by atoms with Crippen LogP contribution < -0.4 is 0 Å². The predicted molar refractivity (Wildman–Crippen MR) is 54.8 cm³/mol. The van der Waals surface area contributed by atoms with Gasteiger partial charge in [0.1, 0.15) is 12.4 Å². The lowest BCUT2D eigenvalue weighted by atomic mass is 10.1. The molecule has 0 aromatic heterocycles. The van der Waals surface area contributed by atoms with Gasteiger partial charge < -0.3 is 10.0 Å². The Labute approximate surface area is 88.1 Å². The summed E-state index contributed by atoms with van der Waals surface area (Å²) < 4.78 is 12.6. The predicted octanol–water partition coefficient (Wildman–Crippen LogP) is 0.819. The van der Waals surface area contributed by atoms with Gasteiger partial charge >= 0.3 is 0 Å². The van der Waals surface area contributed by atoms with Gasteiger partial charge in [0.2, 0.25) is 5.91 Å². The molecule has 0 atom stereocenters. The second-order valence-corrected chi connectivity index (χ2v) is 3.35. The molecule has 15 heavy (non-hydrogen) atoms. The number of halogens is 1. The number of amides is 1. The maximum atomic E-state index is 12.6. The fourth-order valence-electron chi connectivity index (χ4n) is 1.19. The minimum atomic E-state index is -0.472. The molecule has 1 amide bonds. The summed E-state index contributed by atoms with van der Waals surface area (Å²) in [6.45, 7) is 0.0466. The topological polar surface area (TPSA) is 40.5 Å². The van der Waals surface area contributed by atoms with Crippen LogP contribution in [-0.2, 0) is 11.2 Å². The minimum Gasteiger partial charge on any atom is -0.387 e. The van der Waals surface area contributed by atoms with E-state index in [0.717, 1.165) is 5.56 Å². The van der Waals surface area contributed by atoms with Crippen LogP contribution in [0.15, 0.2) is 24.3 Å². The zero-order valence-electron chi connectivity index (χ0n) is 8.61. The van der Waals surface area contributed by atoms with Crippen LogP contribution in [-0.4, -0.2) is 36.1 Å². The Morgan fingerprint density at radius 2 is 2.00 bits per heavy atom. The Bertz CT molecular complexity index is 324. The lowest BCUT2D eigenvalue weighted by Gasteiger charge is -2.15.